The Balaban J connectivity index is 1.50. The summed E-state index contributed by atoms with van der Waals surface area (Å²) in [7, 11) is 1.35. The number of nitrogens with one attached hydrogen (secondary N) is 1. The molecule has 3 N–H and O–H groups in total. The number of halogens is 1. The van der Waals surface area contributed by atoms with Crippen molar-refractivity contribution in [3.05, 3.63) is 71.0 Å². The van der Waals surface area contributed by atoms with Crippen LogP contribution in [-0.2, 0) is 38.5 Å². The highest BCUT2D eigenvalue weighted by Gasteiger charge is 2.34. The summed E-state index contributed by atoms with van der Waals surface area (Å²) in [5, 5.41) is 2.88. The minimum absolute atomic E-state index is 0.0420. The van der Waals surface area contributed by atoms with Crippen LogP contribution in [0.4, 0.5) is 4.39 Å². The molecular formula is C24H28FN3O4S. The first-order valence-electron chi connectivity index (χ1n) is 10.7. The van der Waals surface area contributed by atoms with Gasteiger partial charge in [0.2, 0.25) is 11.8 Å². The number of esters is 1. The van der Waals surface area contributed by atoms with Crippen molar-refractivity contribution in [1.29, 1.82) is 0 Å². The molecule has 1 aliphatic rings. The first-order valence-corrected chi connectivity index (χ1v) is 11.8. The molecule has 2 amide bonds. The molecule has 2 aromatic carbocycles. The van der Waals surface area contributed by atoms with Crippen molar-refractivity contribution >= 4 is 29.5 Å². The van der Waals surface area contributed by atoms with Gasteiger partial charge in [-0.2, -0.15) is 0 Å². The summed E-state index contributed by atoms with van der Waals surface area (Å²) in [5.74, 6) is -0.157. The molecule has 33 heavy (non-hydrogen) atoms. The van der Waals surface area contributed by atoms with E-state index in [9.17, 15) is 18.8 Å². The van der Waals surface area contributed by atoms with Crippen LogP contribution in [-0.4, -0.2) is 53.5 Å². The Labute approximate surface area is 196 Å². The molecule has 0 aromatic heterocycles. The van der Waals surface area contributed by atoms with E-state index in [4.69, 9.17) is 5.73 Å². The van der Waals surface area contributed by atoms with Gasteiger partial charge in [-0.15, -0.1) is 11.8 Å². The second-order valence-electron chi connectivity index (χ2n) is 7.93. The number of ether oxygens (including phenoxy) is 1. The fourth-order valence-electron chi connectivity index (χ4n) is 3.59. The molecule has 0 bridgehead atoms. The molecule has 1 unspecified atom stereocenters. The van der Waals surface area contributed by atoms with Crippen molar-refractivity contribution in [2.75, 3.05) is 18.7 Å². The Morgan fingerprint density at radius 1 is 1.18 bits per heavy atom. The van der Waals surface area contributed by atoms with Crippen molar-refractivity contribution in [3.8, 4) is 0 Å². The number of benzene rings is 2. The lowest BCUT2D eigenvalue weighted by Crippen LogP contribution is -2.48. The SMILES string of the molecule is COC(=O)Cc1ccc(CNC(=O)[C@@H]2CSCN2C(=O)CC(N)Cc2ccccc2F)cc1. The number of hydrogen-bond donors (Lipinski definition) is 2. The van der Waals surface area contributed by atoms with E-state index in [1.807, 2.05) is 24.3 Å². The third-order valence-electron chi connectivity index (χ3n) is 5.45. The zero-order valence-electron chi connectivity index (χ0n) is 18.5. The van der Waals surface area contributed by atoms with Crippen molar-refractivity contribution in [3.63, 3.8) is 0 Å². The number of amides is 2. The van der Waals surface area contributed by atoms with Crippen LogP contribution in [0.5, 0.6) is 0 Å². The van der Waals surface area contributed by atoms with Crippen LogP contribution in [0, 0.1) is 5.82 Å². The maximum atomic E-state index is 13.8. The van der Waals surface area contributed by atoms with E-state index in [0.29, 0.717) is 23.7 Å². The number of methoxy groups -OCH3 is 1. The highest BCUT2D eigenvalue weighted by atomic mass is 32.2. The van der Waals surface area contributed by atoms with Crippen LogP contribution in [0.25, 0.3) is 0 Å². The minimum Gasteiger partial charge on any atom is -0.469 e. The highest BCUT2D eigenvalue weighted by Crippen LogP contribution is 2.23. The molecule has 1 fully saturated rings. The van der Waals surface area contributed by atoms with E-state index >= 15 is 0 Å². The van der Waals surface area contributed by atoms with Crippen molar-refractivity contribution in [2.24, 2.45) is 5.73 Å². The third-order valence-corrected chi connectivity index (χ3v) is 6.46. The summed E-state index contributed by atoms with van der Waals surface area (Å²) in [5.41, 5.74) is 8.28. The van der Waals surface area contributed by atoms with Crippen LogP contribution < -0.4 is 11.1 Å². The fourth-order valence-corrected chi connectivity index (χ4v) is 4.77. The predicted molar refractivity (Wildman–Crippen MR) is 125 cm³/mol. The molecule has 0 aliphatic carbocycles. The average molecular weight is 474 g/mol. The van der Waals surface area contributed by atoms with Gasteiger partial charge in [0.1, 0.15) is 11.9 Å². The molecule has 9 heteroatoms. The first kappa shape index (κ1) is 24.7. The van der Waals surface area contributed by atoms with Gasteiger partial charge in [-0.1, -0.05) is 42.5 Å². The van der Waals surface area contributed by atoms with Crippen LogP contribution in [0.2, 0.25) is 0 Å². The van der Waals surface area contributed by atoms with Crippen molar-refractivity contribution in [1.82, 2.24) is 10.2 Å². The van der Waals surface area contributed by atoms with E-state index in [-0.39, 0.29) is 42.9 Å². The first-order chi connectivity index (χ1) is 15.9. The predicted octanol–water partition coefficient (Wildman–Crippen LogP) is 2.02. The van der Waals surface area contributed by atoms with Crippen molar-refractivity contribution < 1.29 is 23.5 Å². The molecule has 0 saturated carbocycles. The van der Waals surface area contributed by atoms with Crippen LogP contribution in [0.3, 0.4) is 0 Å². The summed E-state index contributed by atoms with van der Waals surface area (Å²) in [6.07, 6.45) is 0.487. The number of carbonyl (C=O) groups is 3. The zero-order chi connectivity index (χ0) is 23.8. The fraction of sp³-hybridized carbons (Fsp3) is 0.375. The van der Waals surface area contributed by atoms with Gasteiger partial charge in [0.25, 0.3) is 0 Å². The molecule has 7 nitrogen and oxygen atoms in total. The summed E-state index contributed by atoms with van der Waals surface area (Å²) < 4.78 is 18.5. The van der Waals surface area contributed by atoms with Crippen LogP contribution in [0.1, 0.15) is 23.1 Å². The van der Waals surface area contributed by atoms with Gasteiger partial charge in [0.05, 0.1) is 19.4 Å². The molecular weight excluding hydrogens is 445 g/mol. The number of thioether (sulfide) groups is 1. The van der Waals surface area contributed by atoms with Gasteiger partial charge in [-0.25, -0.2) is 4.39 Å². The number of nitrogens with two attached hydrogens (primary N) is 1. The topological polar surface area (TPSA) is 102 Å². The lowest BCUT2D eigenvalue weighted by atomic mass is 10.0. The van der Waals surface area contributed by atoms with Crippen molar-refractivity contribution in [2.45, 2.75) is 37.9 Å². The summed E-state index contributed by atoms with van der Waals surface area (Å²) in [6.45, 7) is 0.313. The standard InChI is InChI=1S/C24H28FN3O4S/c1-32-23(30)10-16-6-8-17(9-7-16)13-27-24(31)21-14-33-15-28(21)22(29)12-19(26)11-18-4-2-3-5-20(18)25/h2-9,19,21H,10-15,26H2,1H3,(H,27,31)/t19?,21-/m0/s1. The Kier molecular flexibility index (Phi) is 8.85. The monoisotopic (exact) mass is 473 g/mol. The van der Waals surface area contributed by atoms with Gasteiger partial charge in [-0.3, -0.25) is 14.4 Å². The average Bonchev–Trinajstić information content (AvgIpc) is 3.30. The molecule has 1 saturated heterocycles. The van der Waals surface area contributed by atoms with E-state index in [2.05, 4.69) is 10.1 Å². The zero-order valence-corrected chi connectivity index (χ0v) is 19.3. The van der Waals surface area contributed by atoms with Gasteiger partial charge in [0.15, 0.2) is 0 Å². The summed E-state index contributed by atoms with van der Waals surface area (Å²) in [4.78, 5) is 38.4. The highest BCUT2D eigenvalue weighted by molar-refractivity contribution is 7.99. The second kappa shape index (κ2) is 11.8. The lowest BCUT2D eigenvalue weighted by Gasteiger charge is -2.24. The molecule has 176 valence electrons. The number of carbonyl (C=O) groups excluding carboxylic acids is 3. The van der Waals surface area contributed by atoms with E-state index < -0.39 is 12.1 Å². The normalized spacial score (nSPS) is 16.3. The van der Waals surface area contributed by atoms with Gasteiger partial charge in [-0.05, 0) is 29.2 Å². The van der Waals surface area contributed by atoms with E-state index in [0.717, 1.165) is 11.1 Å². The van der Waals surface area contributed by atoms with Gasteiger partial charge < -0.3 is 20.7 Å². The summed E-state index contributed by atoms with van der Waals surface area (Å²) in [6, 6.07) is 12.6. The number of hydrogen-bond acceptors (Lipinski definition) is 6. The van der Waals surface area contributed by atoms with Crippen LogP contribution >= 0.6 is 11.8 Å². The quantitative estimate of drug-likeness (QED) is 0.541. The Morgan fingerprint density at radius 2 is 1.88 bits per heavy atom. The second-order valence-corrected chi connectivity index (χ2v) is 8.93. The number of nitrogens with zero attached hydrogens (tertiary/aromatic N) is 1. The Morgan fingerprint density at radius 3 is 2.58 bits per heavy atom. The largest absolute Gasteiger partial charge is 0.469 e. The van der Waals surface area contributed by atoms with E-state index in [1.165, 1.54) is 24.9 Å². The maximum Gasteiger partial charge on any atom is 0.309 e. The third kappa shape index (κ3) is 7.03. The molecule has 2 atom stereocenters. The molecule has 2 aromatic rings. The Hall–Kier alpha value is -2.91. The smallest absolute Gasteiger partial charge is 0.309 e. The minimum atomic E-state index is -0.568. The van der Waals surface area contributed by atoms with E-state index in [1.54, 1.807) is 23.1 Å². The molecule has 3 rings (SSSR count). The van der Waals surface area contributed by atoms with Gasteiger partial charge in [0, 0.05) is 24.8 Å². The van der Waals surface area contributed by atoms with Crippen LogP contribution in [0.15, 0.2) is 48.5 Å². The Bertz CT molecular complexity index is 986. The molecule has 0 spiro atoms. The number of rotatable bonds is 9. The molecule has 1 aliphatic heterocycles. The lowest BCUT2D eigenvalue weighted by molar-refractivity contribution is -0.139. The summed E-state index contributed by atoms with van der Waals surface area (Å²) >= 11 is 1.51. The molecule has 1 heterocycles. The molecule has 0 radical (unpaired) electrons. The maximum absolute atomic E-state index is 13.8. The van der Waals surface area contributed by atoms with Gasteiger partial charge >= 0.3 is 5.97 Å².